The lowest BCUT2D eigenvalue weighted by molar-refractivity contribution is -0.122. The van der Waals surface area contributed by atoms with E-state index in [9.17, 15) is 19.4 Å². The minimum Gasteiger partial charge on any atom is -0.369 e. The molecule has 1 saturated heterocycles. The first-order chi connectivity index (χ1) is 16.5. The van der Waals surface area contributed by atoms with Crippen molar-refractivity contribution in [3.8, 4) is 28.5 Å². The average Bonchev–Trinajstić information content (AvgIpc) is 3.47. The second kappa shape index (κ2) is 8.84. The van der Waals surface area contributed by atoms with Crippen LogP contribution >= 0.6 is 11.3 Å². The Morgan fingerprint density at radius 1 is 1.26 bits per heavy atom. The molecule has 170 valence electrons. The molecular formula is C26H21FN4O2S. The predicted molar refractivity (Wildman–Crippen MR) is 132 cm³/mol. The Hall–Kier alpha value is -3.83. The Bertz CT molecular complexity index is 1450. The molecule has 1 aliphatic heterocycles. The second-order valence-corrected chi connectivity index (χ2v) is 9.50. The van der Waals surface area contributed by atoms with Gasteiger partial charge in [0.15, 0.2) is 0 Å². The number of nitrogens with zero attached hydrogens (tertiary/aromatic N) is 3. The van der Waals surface area contributed by atoms with Crippen LogP contribution < -0.4 is 4.90 Å². The number of benzene rings is 2. The molecule has 2 atom stereocenters. The van der Waals surface area contributed by atoms with E-state index in [1.807, 2.05) is 36.6 Å². The van der Waals surface area contributed by atoms with Gasteiger partial charge in [0.2, 0.25) is 0 Å². The van der Waals surface area contributed by atoms with Gasteiger partial charge in [-0.2, -0.15) is 5.26 Å². The van der Waals surface area contributed by atoms with Crippen LogP contribution in [0.4, 0.5) is 10.1 Å². The molecule has 2 unspecified atom stereocenters. The van der Waals surface area contributed by atoms with Crippen molar-refractivity contribution in [1.29, 1.82) is 5.26 Å². The number of rotatable bonds is 4. The van der Waals surface area contributed by atoms with Crippen molar-refractivity contribution in [1.82, 2.24) is 4.98 Å². The largest absolute Gasteiger partial charge is 0.369 e. The first-order valence-electron chi connectivity index (χ1n) is 11.0. The van der Waals surface area contributed by atoms with E-state index < -0.39 is 5.91 Å². The lowest BCUT2D eigenvalue weighted by Gasteiger charge is -2.38. The Morgan fingerprint density at radius 3 is 2.88 bits per heavy atom. The number of aromatic nitrogens is 1. The Morgan fingerprint density at radius 2 is 2.12 bits per heavy atom. The van der Waals surface area contributed by atoms with Gasteiger partial charge in [0, 0.05) is 57.0 Å². The fourth-order valence-corrected chi connectivity index (χ4v) is 5.64. The minimum absolute atomic E-state index is 0.0676. The number of hydrogen-bond donors (Lipinski definition) is 1. The fraction of sp³-hybridized carbons (Fsp3) is 0.231. The molecule has 34 heavy (non-hydrogen) atoms. The summed E-state index contributed by atoms with van der Waals surface area (Å²) in [4.78, 5) is 28.7. The third kappa shape index (κ3) is 3.78. The molecule has 5 rings (SSSR count). The van der Waals surface area contributed by atoms with Crippen LogP contribution in [0.1, 0.15) is 24.6 Å². The molecule has 0 saturated carbocycles. The van der Waals surface area contributed by atoms with Gasteiger partial charge in [0.1, 0.15) is 16.8 Å². The highest BCUT2D eigenvalue weighted by molar-refractivity contribution is 7.11. The van der Waals surface area contributed by atoms with Gasteiger partial charge >= 0.3 is 0 Å². The van der Waals surface area contributed by atoms with E-state index in [4.69, 9.17) is 0 Å². The van der Waals surface area contributed by atoms with Gasteiger partial charge in [-0.05, 0) is 61.5 Å². The van der Waals surface area contributed by atoms with Crippen LogP contribution in [0.15, 0.2) is 59.1 Å². The van der Waals surface area contributed by atoms with Crippen molar-refractivity contribution in [2.45, 2.75) is 25.8 Å². The van der Waals surface area contributed by atoms with Gasteiger partial charge in [0.25, 0.3) is 5.91 Å². The van der Waals surface area contributed by atoms with Gasteiger partial charge in [0.05, 0.1) is 5.69 Å². The van der Waals surface area contributed by atoms with Gasteiger partial charge < -0.3 is 9.88 Å². The standard InChI is InChI=1S/C26H21FN4O2S/c1-15-11-17(26(32)30-33)7-9-31(15)19-4-2-3-16(12-19)25-24(20-8-10-34-23(20)14-28)21-13-18(27)5-6-22(21)29-25/h2-6,8,10,12-13,15,17,29H,7,9,11H2,1H3. The van der Waals surface area contributed by atoms with E-state index >= 15 is 0 Å². The molecule has 4 aromatic rings. The number of piperidine rings is 1. The van der Waals surface area contributed by atoms with E-state index in [1.165, 1.54) is 23.5 Å². The monoisotopic (exact) mass is 472 g/mol. The topological polar surface area (TPSA) is 89.3 Å². The molecule has 1 aliphatic rings. The number of thiophene rings is 1. The molecule has 6 nitrogen and oxygen atoms in total. The Kier molecular flexibility index (Phi) is 5.72. The summed E-state index contributed by atoms with van der Waals surface area (Å²) in [7, 11) is 0. The highest BCUT2D eigenvalue weighted by Gasteiger charge is 2.31. The lowest BCUT2D eigenvalue weighted by Crippen LogP contribution is -2.42. The molecule has 2 aromatic carbocycles. The highest BCUT2D eigenvalue weighted by Crippen LogP contribution is 2.42. The maximum Gasteiger partial charge on any atom is 0.289 e. The molecule has 1 amide bonds. The van der Waals surface area contributed by atoms with Crippen LogP contribution in [0, 0.1) is 28.0 Å². The number of nitriles is 1. The summed E-state index contributed by atoms with van der Waals surface area (Å²) in [6.07, 6.45) is 1.16. The number of H-pyrrole nitrogens is 1. The highest BCUT2D eigenvalue weighted by atomic mass is 32.1. The van der Waals surface area contributed by atoms with E-state index in [0.717, 1.165) is 39.0 Å². The number of nitrogens with one attached hydrogen (secondary N) is 1. The number of nitroso groups, excluding NO2 is 1. The van der Waals surface area contributed by atoms with Crippen LogP contribution in [0.2, 0.25) is 0 Å². The second-order valence-electron chi connectivity index (χ2n) is 8.58. The molecule has 0 bridgehead atoms. The van der Waals surface area contributed by atoms with Gasteiger partial charge in [-0.1, -0.05) is 12.1 Å². The first kappa shape index (κ1) is 22.0. The summed E-state index contributed by atoms with van der Waals surface area (Å²) in [5.74, 6) is -1.23. The molecule has 8 heteroatoms. The smallest absolute Gasteiger partial charge is 0.289 e. The molecule has 0 aliphatic carbocycles. The Balaban J connectivity index is 1.59. The zero-order valence-corrected chi connectivity index (χ0v) is 19.2. The maximum atomic E-state index is 14.2. The van der Waals surface area contributed by atoms with Crippen LogP contribution in [0.3, 0.4) is 0 Å². The minimum atomic E-state index is -0.570. The number of fused-ring (bicyclic) bond motifs is 1. The third-order valence-electron chi connectivity index (χ3n) is 6.58. The summed E-state index contributed by atoms with van der Waals surface area (Å²) in [5, 5.41) is 14.8. The quantitative estimate of drug-likeness (QED) is 0.345. The summed E-state index contributed by atoms with van der Waals surface area (Å²) in [6, 6.07) is 16.9. The number of amides is 1. The molecule has 0 spiro atoms. The van der Waals surface area contributed by atoms with Crippen molar-refractivity contribution in [2.75, 3.05) is 11.4 Å². The lowest BCUT2D eigenvalue weighted by atomic mass is 9.90. The SMILES string of the molecule is CC1CC(C(=O)N=O)CCN1c1cccc(-c2[nH]c3ccc(F)cc3c2-c2ccsc2C#N)c1. The molecule has 2 aromatic heterocycles. The van der Waals surface area contributed by atoms with E-state index in [2.05, 4.69) is 27.2 Å². The molecule has 3 heterocycles. The van der Waals surface area contributed by atoms with Gasteiger partial charge in [-0.15, -0.1) is 16.2 Å². The number of halogens is 1. The summed E-state index contributed by atoms with van der Waals surface area (Å²) in [5.41, 5.74) is 5.11. The molecule has 1 fully saturated rings. The summed E-state index contributed by atoms with van der Waals surface area (Å²) < 4.78 is 14.2. The van der Waals surface area contributed by atoms with Crippen LogP contribution in [0.25, 0.3) is 33.3 Å². The number of hydrogen-bond acceptors (Lipinski definition) is 5. The molecule has 0 radical (unpaired) electrons. The van der Waals surface area contributed by atoms with Crippen molar-refractivity contribution in [3.63, 3.8) is 0 Å². The average molecular weight is 473 g/mol. The number of aromatic amines is 1. The number of anilines is 1. The fourth-order valence-electron chi connectivity index (χ4n) is 4.95. The van der Waals surface area contributed by atoms with Gasteiger partial charge in [-0.25, -0.2) is 4.39 Å². The van der Waals surface area contributed by atoms with Crippen LogP contribution in [-0.2, 0) is 4.79 Å². The zero-order chi connectivity index (χ0) is 23.8. The third-order valence-corrected chi connectivity index (χ3v) is 7.40. The predicted octanol–water partition coefficient (Wildman–Crippen LogP) is 6.47. The van der Waals surface area contributed by atoms with Crippen molar-refractivity contribution in [2.24, 2.45) is 11.1 Å². The van der Waals surface area contributed by atoms with Crippen LogP contribution in [0.5, 0.6) is 0 Å². The molecule has 1 N–H and O–H groups in total. The number of carbonyl (C=O) groups is 1. The van der Waals surface area contributed by atoms with Gasteiger partial charge in [-0.3, -0.25) is 4.79 Å². The Labute approximate surface area is 199 Å². The van der Waals surface area contributed by atoms with Crippen molar-refractivity contribution >= 4 is 33.8 Å². The van der Waals surface area contributed by atoms with E-state index in [1.54, 1.807) is 6.07 Å². The normalized spacial score (nSPS) is 18.1. The maximum absolute atomic E-state index is 14.2. The summed E-state index contributed by atoms with van der Waals surface area (Å²) in [6.45, 7) is 2.68. The summed E-state index contributed by atoms with van der Waals surface area (Å²) >= 11 is 1.36. The number of carbonyl (C=O) groups excluding carboxylic acids is 1. The van der Waals surface area contributed by atoms with Crippen LogP contribution in [-0.4, -0.2) is 23.5 Å². The van der Waals surface area contributed by atoms with E-state index in [0.29, 0.717) is 24.3 Å². The van der Waals surface area contributed by atoms with Crippen molar-refractivity contribution in [3.05, 3.63) is 69.5 Å². The molecular weight excluding hydrogens is 451 g/mol. The van der Waals surface area contributed by atoms with Crippen molar-refractivity contribution < 1.29 is 9.18 Å². The zero-order valence-electron chi connectivity index (χ0n) is 18.4. The van der Waals surface area contributed by atoms with E-state index in [-0.39, 0.29) is 17.8 Å². The first-order valence-corrected chi connectivity index (χ1v) is 11.9.